The molecule has 2 saturated carbocycles. The minimum absolute atomic E-state index is 0.257. The molecule has 0 aromatic heterocycles. The van der Waals surface area contributed by atoms with Crippen LogP contribution in [0, 0.1) is 11.8 Å². The number of nitrogens with zero attached hydrogens (tertiary/aromatic N) is 3. The van der Waals surface area contributed by atoms with E-state index in [-0.39, 0.29) is 5.91 Å². The van der Waals surface area contributed by atoms with Crippen molar-refractivity contribution in [1.29, 1.82) is 0 Å². The van der Waals surface area contributed by atoms with Gasteiger partial charge >= 0.3 is 0 Å². The third kappa shape index (κ3) is 4.42. The third-order valence-electron chi connectivity index (χ3n) is 6.34. The van der Waals surface area contributed by atoms with Crippen molar-refractivity contribution in [2.45, 2.75) is 44.3 Å². The highest BCUT2D eigenvalue weighted by Crippen LogP contribution is 2.46. The van der Waals surface area contributed by atoms with Crippen LogP contribution in [0.2, 0.25) is 0 Å². The Morgan fingerprint density at radius 3 is 2.04 bits per heavy atom. The SMILES string of the molecule is CN(CC(=O)N(C)C1C[C@H]2CC(N(C)C)C[C@H]2C1)Cc1ccccc1. The zero-order valence-electron chi connectivity index (χ0n) is 16.2. The van der Waals surface area contributed by atoms with Crippen LogP contribution in [0.5, 0.6) is 0 Å². The summed E-state index contributed by atoms with van der Waals surface area (Å²) >= 11 is 0. The molecular weight excluding hydrogens is 310 g/mol. The van der Waals surface area contributed by atoms with Crippen molar-refractivity contribution in [3.05, 3.63) is 35.9 Å². The van der Waals surface area contributed by atoms with Crippen LogP contribution >= 0.6 is 0 Å². The van der Waals surface area contributed by atoms with E-state index in [9.17, 15) is 4.79 Å². The molecule has 0 spiro atoms. The number of likely N-dealkylation sites (N-methyl/N-ethyl adjacent to an activating group) is 2. The summed E-state index contributed by atoms with van der Waals surface area (Å²) in [5, 5.41) is 0. The van der Waals surface area contributed by atoms with Gasteiger partial charge in [0.05, 0.1) is 6.54 Å². The first kappa shape index (κ1) is 18.4. The Balaban J connectivity index is 1.47. The fourth-order valence-corrected chi connectivity index (χ4v) is 4.79. The molecule has 4 heteroatoms. The summed E-state index contributed by atoms with van der Waals surface area (Å²) in [7, 11) is 8.43. The molecule has 0 radical (unpaired) electrons. The Labute approximate surface area is 152 Å². The van der Waals surface area contributed by atoms with Crippen LogP contribution < -0.4 is 0 Å². The number of fused-ring (bicyclic) bond motifs is 1. The Morgan fingerprint density at radius 1 is 0.920 bits per heavy atom. The molecule has 0 saturated heterocycles. The Morgan fingerprint density at radius 2 is 1.48 bits per heavy atom. The number of carbonyl (C=O) groups excluding carboxylic acids is 1. The van der Waals surface area contributed by atoms with Crippen LogP contribution in [0.4, 0.5) is 0 Å². The predicted octanol–water partition coefficient (Wildman–Crippen LogP) is 2.70. The van der Waals surface area contributed by atoms with E-state index in [1.807, 2.05) is 25.1 Å². The maximum absolute atomic E-state index is 12.7. The van der Waals surface area contributed by atoms with Crippen LogP contribution in [-0.4, -0.2) is 67.4 Å². The monoisotopic (exact) mass is 343 g/mol. The van der Waals surface area contributed by atoms with Crippen molar-refractivity contribution in [2.24, 2.45) is 11.8 Å². The zero-order chi connectivity index (χ0) is 18.0. The molecule has 0 bridgehead atoms. The average Bonchev–Trinajstić information content (AvgIpc) is 3.13. The molecule has 1 amide bonds. The first-order valence-corrected chi connectivity index (χ1v) is 9.58. The third-order valence-corrected chi connectivity index (χ3v) is 6.34. The van der Waals surface area contributed by atoms with Gasteiger partial charge in [0.25, 0.3) is 0 Å². The summed E-state index contributed by atoms with van der Waals surface area (Å²) in [5.41, 5.74) is 1.26. The average molecular weight is 344 g/mol. The van der Waals surface area contributed by atoms with Crippen LogP contribution in [0.15, 0.2) is 30.3 Å². The summed E-state index contributed by atoms with van der Waals surface area (Å²) in [6, 6.07) is 11.5. The van der Waals surface area contributed by atoms with Crippen LogP contribution in [0.25, 0.3) is 0 Å². The summed E-state index contributed by atoms with van der Waals surface area (Å²) < 4.78 is 0. The lowest BCUT2D eigenvalue weighted by Crippen LogP contribution is -2.41. The Kier molecular flexibility index (Phi) is 5.80. The van der Waals surface area contributed by atoms with E-state index in [0.29, 0.717) is 12.6 Å². The normalized spacial score (nSPS) is 28.6. The second-order valence-corrected chi connectivity index (χ2v) is 8.40. The van der Waals surface area contributed by atoms with Crippen molar-refractivity contribution in [2.75, 3.05) is 34.7 Å². The lowest BCUT2D eigenvalue weighted by molar-refractivity contribution is -0.133. The molecule has 1 aromatic rings. The van der Waals surface area contributed by atoms with Gasteiger partial charge in [-0.2, -0.15) is 0 Å². The van der Waals surface area contributed by atoms with E-state index in [2.05, 4.69) is 48.2 Å². The van der Waals surface area contributed by atoms with E-state index < -0.39 is 0 Å². The first-order chi connectivity index (χ1) is 11.9. The Bertz CT molecular complexity index is 560. The minimum atomic E-state index is 0.257. The lowest BCUT2D eigenvalue weighted by atomic mass is 10.0. The standard InChI is InChI=1S/C21H33N3O/c1-22(2)19-10-17-12-20(13-18(17)11-19)24(4)21(25)15-23(3)14-16-8-6-5-7-9-16/h5-9,17-20H,10-15H2,1-4H3/t17-,18+,19?,20?. The number of amides is 1. The molecular formula is C21H33N3O. The van der Waals surface area contributed by atoms with Gasteiger partial charge in [-0.1, -0.05) is 30.3 Å². The van der Waals surface area contributed by atoms with E-state index in [1.54, 1.807) is 0 Å². The van der Waals surface area contributed by atoms with Crippen molar-refractivity contribution in [3.8, 4) is 0 Å². The van der Waals surface area contributed by atoms with Crippen molar-refractivity contribution >= 4 is 5.91 Å². The topological polar surface area (TPSA) is 26.8 Å². The molecule has 4 nitrogen and oxygen atoms in total. The second kappa shape index (κ2) is 7.88. The minimum Gasteiger partial charge on any atom is -0.342 e. The largest absolute Gasteiger partial charge is 0.342 e. The van der Waals surface area contributed by atoms with Gasteiger partial charge in [-0.05, 0) is 64.2 Å². The van der Waals surface area contributed by atoms with Gasteiger partial charge in [-0.25, -0.2) is 0 Å². The number of hydrogen-bond acceptors (Lipinski definition) is 3. The number of hydrogen-bond donors (Lipinski definition) is 0. The maximum Gasteiger partial charge on any atom is 0.236 e. The highest BCUT2D eigenvalue weighted by molar-refractivity contribution is 5.78. The van der Waals surface area contributed by atoms with E-state index in [0.717, 1.165) is 24.4 Å². The fraction of sp³-hybridized carbons (Fsp3) is 0.667. The fourth-order valence-electron chi connectivity index (χ4n) is 4.79. The van der Waals surface area contributed by atoms with Gasteiger partial charge in [-0.3, -0.25) is 9.69 Å². The maximum atomic E-state index is 12.7. The molecule has 2 unspecified atom stereocenters. The van der Waals surface area contributed by atoms with Gasteiger partial charge in [0, 0.05) is 25.7 Å². The van der Waals surface area contributed by atoms with E-state index in [4.69, 9.17) is 0 Å². The molecule has 4 atom stereocenters. The summed E-state index contributed by atoms with van der Waals surface area (Å²) in [4.78, 5) is 19.2. The molecule has 25 heavy (non-hydrogen) atoms. The highest BCUT2D eigenvalue weighted by atomic mass is 16.2. The molecule has 2 aliphatic carbocycles. The van der Waals surface area contributed by atoms with Crippen molar-refractivity contribution in [3.63, 3.8) is 0 Å². The van der Waals surface area contributed by atoms with Crippen molar-refractivity contribution < 1.29 is 4.79 Å². The van der Waals surface area contributed by atoms with Gasteiger partial charge < -0.3 is 9.80 Å². The van der Waals surface area contributed by atoms with E-state index in [1.165, 1.54) is 31.2 Å². The molecule has 1 aromatic carbocycles. The molecule has 0 heterocycles. The van der Waals surface area contributed by atoms with Crippen LogP contribution in [-0.2, 0) is 11.3 Å². The summed E-state index contributed by atoms with van der Waals surface area (Å²) in [5.74, 6) is 1.89. The molecule has 0 N–H and O–H groups in total. The predicted molar refractivity (Wildman–Crippen MR) is 102 cm³/mol. The quantitative estimate of drug-likeness (QED) is 0.795. The zero-order valence-corrected chi connectivity index (χ0v) is 16.2. The summed E-state index contributed by atoms with van der Waals surface area (Å²) in [6.07, 6.45) is 5.01. The molecule has 2 fully saturated rings. The number of carbonyl (C=O) groups is 1. The van der Waals surface area contributed by atoms with Crippen molar-refractivity contribution in [1.82, 2.24) is 14.7 Å². The highest BCUT2D eigenvalue weighted by Gasteiger charge is 2.43. The number of rotatable bonds is 6. The smallest absolute Gasteiger partial charge is 0.236 e. The van der Waals surface area contributed by atoms with Gasteiger partial charge in [0.1, 0.15) is 0 Å². The van der Waals surface area contributed by atoms with Gasteiger partial charge in [-0.15, -0.1) is 0 Å². The molecule has 0 aliphatic heterocycles. The number of benzene rings is 1. The Hall–Kier alpha value is -1.39. The second-order valence-electron chi connectivity index (χ2n) is 8.40. The van der Waals surface area contributed by atoms with Crippen LogP contribution in [0.1, 0.15) is 31.2 Å². The molecule has 138 valence electrons. The van der Waals surface area contributed by atoms with Gasteiger partial charge in [0.15, 0.2) is 0 Å². The lowest BCUT2D eigenvalue weighted by Gasteiger charge is -2.28. The van der Waals surface area contributed by atoms with Crippen LogP contribution in [0.3, 0.4) is 0 Å². The molecule has 3 rings (SSSR count). The molecule has 2 aliphatic rings. The van der Waals surface area contributed by atoms with E-state index >= 15 is 0 Å². The first-order valence-electron chi connectivity index (χ1n) is 9.58. The van der Waals surface area contributed by atoms with Gasteiger partial charge in [0.2, 0.25) is 5.91 Å². The summed E-state index contributed by atoms with van der Waals surface area (Å²) in [6.45, 7) is 1.32.